The van der Waals surface area contributed by atoms with Gasteiger partial charge in [-0.2, -0.15) is 5.26 Å². The molecule has 0 atom stereocenters. The summed E-state index contributed by atoms with van der Waals surface area (Å²) in [6, 6.07) is 6.60. The Labute approximate surface area is 89.3 Å². The van der Waals surface area contributed by atoms with Crippen LogP contribution in [0.2, 0.25) is 0 Å². The second-order valence-corrected chi connectivity index (χ2v) is 3.21. The van der Waals surface area contributed by atoms with Gasteiger partial charge in [0.1, 0.15) is 0 Å². The van der Waals surface area contributed by atoms with Gasteiger partial charge in [-0.05, 0) is 12.1 Å². The van der Waals surface area contributed by atoms with Crippen LogP contribution in [0.25, 0.3) is 10.9 Å². The van der Waals surface area contributed by atoms with E-state index < -0.39 is 12.2 Å². The Morgan fingerprint density at radius 3 is 2.81 bits per heavy atom. The zero-order valence-electron chi connectivity index (χ0n) is 8.00. The summed E-state index contributed by atoms with van der Waals surface area (Å²) in [6.45, 7) is 0. The highest BCUT2D eigenvalue weighted by molar-refractivity contribution is 6.10. The second-order valence-electron chi connectivity index (χ2n) is 3.21. The highest BCUT2D eigenvalue weighted by Crippen LogP contribution is 2.24. The van der Waals surface area contributed by atoms with Gasteiger partial charge in [-0.15, -0.1) is 0 Å². The van der Waals surface area contributed by atoms with E-state index in [2.05, 4.69) is 4.98 Å². The van der Waals surface area contributed by atoms with E-state index in [1.54, 1.807) is 12.1 Å². The number of carbonyl (C=O) groups is 1. The number of benzene rings is 1. The van der Waals surface area contributed by atoms with Crippen molar-refractivity contribution in [1.29, 1.82) is 5.26 Å². The fourth-order valence-corrected chi connectivity index (χ4v) is 1.59. The molecule has 1 N–H and O–H groups in total. The van der Waals surface area contributed by atoms with Crippen LogP contribution in [-0.4, -0.2) is 17.2 Å². The highest BCUT2D eigenvalue weighted by Gasteiger charge is 2.22. The van der Waals surface area contributed by atoms with E-state index in [4.69, 9.17) is 5.26 Å². The molecule has 80 valence electrons. The lowest BCUT2D eigenvalue weighted by Gasteiger charge is -1.98. The number of nitrogens with one attached hydrogen (secondary N) is 1. The first-order chi connectivity index (χ1) is 7.65. The van der Waals surface area contributed by atoms with E-state index >= 15 is 0 Å². The molecule has 0 saturated heterocycles. The van der Waals surface area contributed by atoms with Crippen molar-refractivity contribution in [3.05, 3.63) is 35.5 Å². The number of H-pyrrole nitrogens is 1. The third-order valence-corrected chi connectivity index (χ3v) is 2.29. The van der Waals surface area contributed by atoms with E-state index in [1.807, 2.05) is 6.07 Å². The van der Waals surface area contributed by atoms with Crippen LogP contribution >= 0.6 is 0 Å². The summed E-state index contributed by atoms with van der Waals surface area (Å²) in [6.07, 6.45) is -1.86. The van der Waals surface area contributed by atoms with Crippen molar-refractivity contribution in [3.8, 4) is 6.07 Å². The zero-order chi connectivity index (χ0) is 11.7. The maximum absolute atomic E-state index is 12.3. The quantitative estimate of drug-likeness (QED) is 0.790. The van der Waals surface area contributed by atoms with Crippen molar-refractivity contribution in [1.82, 2.24) is 4.98 Å². The van der Waals surface area contributed by atoms with Crippen LogP contribution in [0.1, 0.15) is 15.9 Å². The molecule has 0 bridgehead atoms. The topological polar surface area (TPSA) is 56.6 Å². The van der Waals surface area contributed by atoms with Crippen LogP contribution in [-0.2, 0) is 0 Å². The number of rotatable bonds is 2. The Bertz CT molecular complexity index is 596. The van der Waals surface area contributed by atoms with Gasteiger partial charge in [-0.25, -0.2) is 8.78 Å². The predicted octanol–water partition coefficient (Wildman–Crippen LogP) is 2.49. The molecule has 5 heteroatoms. The average molecular weight is 220 g/mol. The van der Waals surface area contributed by atoms with Gasteiger partial charge in [0.05, 0.1) is 17.2 Å². The van der Waals surface area contributed by atoms with Crippen LogP contribution < -0.4 is 0 Å². The summed E-state index contributed by atoms with van der Waals surface area (Å²) in [5.74, 6) is -1.27. The Kier molecular flexibility index (Phi) is 2.41. The molecule has 0 saturated carbocycles. The number of aromatic amines is 1. The lowest BCUT2D eigenvalue weighted by molar-refractivity contribution is 0.0680. The zero-order valence-corrected chi connectivity index (χ0v) is 8.00. The van der Waals surface area contributed by atoms with Crippen LogP contribution in [0.4, 0.5) is 8.78 Å². The number of carbonyl (C=O) groups excluding carboxylic acids is 1. The minimum Gasteiger partial charge on any atom is -0.360 e. The number of ketones is 1. The van der Waals surface area contributed by atoms with Gasteiger partial charge in [0.15, 0.2) is 0 Å². The maximum Gasteiger partial charge on any atom is 0.300 e. The molecule has 16 heavy (non-hydrogen) atoms. The van der Waals surface area contributed by atoms with Crippen molar-refractivity contribution in [2.24, 2.45) is 0 Å². The Balaban J connectivity index is 2.73. The van der Waals surface area contributed by atoms with Crippen molar-refractivity contribution in [3.63, 3.8) is 0 Å². The normalized spacial score (nSPS) is 10.6. The summed E-state index contributed by atoms with van der Waals surface area (Å²) in [4.78, 5) is 13.9. The van der Waals surface area contributed by atoms with E-state index in [-0.39, 0.29) is 16.5 Å². The molecule has 2 rings (SSSR count). The standard InChI is InChI=1S/C11H6F2N2O/c12-11(13)10(16)7-5-15-8-3-1-2-6(4-14)9(7)8/h1-3,5,11,15H. The molecule has 0 aliphatic carbocycles. The second kappa shape index (κ2) is 3.74. The summed E-state index contributed by atoms with van der Waals surface area (Å²) in [7, 11) is 0. The number of hydrogen-bond donors (Lipinski definition) is 1. The molecule has 0 fully saturated rings. The van der Waals surface area contributed by atoms with Crippen molar-refractivity contribution < 1.29 is 13.6 Å². The van der Waals surface area contributed by atoms with Crippen LogP contribution in [0.3, 0.4) is 0 Å². The lowest BCUT2D eigenvalue weighted by Crippen LogP contribution is -2.09. The average Bonchev–Trinajstić information content (AvgIpc) is 2.71. The molecule has 0 aliphatic heterocycles. The number of halogens is 2. The molecule has 0 amide bonds. The summed E-state index contributed by atoms with van der Waals surface area (Å²) < 4.78 is 24.6. The van der Waals surface area contributed by atoms with Gasteiger partial charge in [0, 0.05) is 17.1 Å². The third-order valence-electron chi connectivity index (χ3n) is 2.29. The smallest absolute Gasteiger partial charge is 0.300 e. The molecule has 3 nitrogen and oxygen atoms in total. The molecule has 0 spiro atoms. The maximum atomic E-state index is 12.3. The molecule has 1 aromatic carbocycles. The minimum absolute atomic E-state index is 0.137. The summed E-state index contributed by atoms with van der Waals surface area (Å²) in [5.41, 5.74) is 0.577. The van der Waals surface area contributed by atoms with Gasteiger partial charge in [-0.3, -0.25) is 4.79 Å². The highest BCUT2D eigenvalue weighted by atomic mass is 19.3. The first-order valence-electron chi connectivity index (χ1n) is 4.47. The van der Waals surface area contributed by atoms with Gasteiger partial charge >= 0.3 is 6.43 Å². The first-order valence-corrected chi connectivity index (χ1v) is 4.47. The molecule has 2 aromatic rings. The SMILES string of the molecule is N#Cc1cccc2[nH]cc(C(=O)C(F)F)c12. The monoisotopic (exact) mass is 220 g/mol. The first kappa shape index (κ1) is 10.3. The van der Waals surface area contributed by atoms with E-state index in [0.29, 0.717) is 5.52 Å². The van der Waals surface area contributed by atoms with Crippen molar-refractivity contribution >= 4 is 16.7 Å². The van der Waals surface area contributed by atoms with Gasteiger partial charge < -0.3 is 4.98 Å². The fraction of sp³-hybridized carbons (Fsp3) is 0.0909. The number of fused-ring (bicyclic) bond motifs is 1. The molecule has 0 radical (unpaired) electrons. The third kappa shape index (κ3) is 1.44. The van der Waals surface area contributed by atoms with Gasteiger partial charge in [-0.1, -0.05) is 6.07 Å². The van der Waals surface area contributed by atoms with E-state index in [9.17, 15) is 13.6 Å². The number of hydrogen-bond acceptors (Lipinski definition) is 2. The predicted molar refractivity (Wildman–Crippen MR) is 53.3 cm³/mol. The summed E-state index contributed by atoms with van der Waals surface area (Å²) >= 11 is 0. The number of nitriles is 1. The van der Waals surface area contributed by atoms with Crippen molar-refractivity contribution in [2.75, 3.05) is 0 Å². The Hall–Kier alpha value is -2.22. The largest absolute Gasteiger partial charge is 0.360 e. The molecule has 1 aromatic heterocycles. The minimum atomic E-state index is -3.06. The van der Waals surface area contributed by atoms with Crippen LogP contribution in [0.15, 0.2) is 24.4 Å². The molecular weight excluding hydrogens is 214 g/mol. The summed E-state index contributed by atoms with van der Waals surface area (Å²) in [5, 5.41) is 9.10. The molecule has 0 aliphatic rings. The van der Waals surface area contributed by atoms with Crippen molar-refractivity contribution in [2.45, 2.75) is 6.43 Å². The number of Topliss-reactive ketones (excluding diaryl/α,β-unsaturated/α-hetero) is 1. The fourth-order valence-electron chi connectivity index (χ4n) is 1.59. The molecule has 0 unspecified atom stereocenters. The molecule has 1 heterocycles. The number of alkyl halides is 2. The van der Waals surface area contributed by atoms with Gasteiger partial charge in [0.2, 0.25) is 5.78 Å². The molecular formula is C11H6F2N2O. The number of nitrogens with zero attached hydrogens (tertiary/aromatic N) is 1. The van der Waals surface area contributed by atoms with E-state index in [0.717, 1.165) is 0 Å². The van der Waals surface area contributed by atoms with E-state index in [1.165, 1.54) is 12.3 Å². The van der Waals surface area contributed by atoms with Crippen LogP contribution in [0.5, 0.6) is 0 Å². The Morgan fingerprint density at radius 2 is 2.19 bits per heavy atom. The van der Waals surface area contributed by atoms with Crippen LogP contribution in [0, 0.1) is 11.3 Å². The van der Waals surface area contributed by atoms with Gasteiger partial charge in [0.25, 0.3) is 0 Å². The lowest BCUT2D eigenvalue weighted by atomic mass is 10.0. The number of aromatic nitrogens is 1. The Morgan fingerprint density at radius 1 is 1.44 bits per heavy atom.